The maximum atomic E-state index is 13.9. The molecule has 0 saturated carbocycles. The summed E-state index contributed by atoms with van der Waals surface area (Å²) >= 11 is 0. The molecule has 4 rings (SSSR count). The van der Waals surface area contributed by atoms with Crippen molar-refractivity contribution in [2.75, 3.05) is 36.9 Å². The number of para-hydroxylation sites is 2. The van der Waals surface area contributed by atoms with Crippen LogP contribution in [-0.2, 0) is 27.7 Å². The molecule has 0 fully saturated rings. The molecule has 0 aliphatic carbocycles. The van der Waals surface area contributed by atoms with Gasteiger partial charge in [-0.2, -0.15) is 0 Å². The fraction of sp³-hybridized carbons (Fsp3) is 0.235. The molecular weight excluding hydrogens is 578 g/mol. The van der Waals surface area contributed by atoms with Crippen LogP contribution in [0.3, 0.4) is 0 Å². The number of ether oxygens (including phenoxy) is 2. The van der Waals surface area contributed by atoms with Crippen molar-refractivity contribution in [3.63, 3.8) is 0 Å². The van der Waals surface area contributed by atoms with Gasteiger partial charge in [-0.05, 0) is 73.4 Å². The SMILES string of the molecule is CCc1ccccc1N(CC(=O)Nc1ccccc1C(=O)NCCc1ccc(OC)c(OC)c1)S(=O)(=O)c1ccc(C)cc1. The zero-order valence-corrected chi connectivity index (χ0v) is 26.1. The van der Waals surface area contributed by atoms with Crippen molar-refractivity contribution in [3.8, 4) is 11.5 Å². The summed E-state index contributed by atoms with van der Waals surface area (Å²) in [7, 11) is -0.957. The van der Waals surface area contributed by atoms with Crippen molar-refractivity contribution in [2.45, 2.75) is 31.6 Å². The second kappa shape index (κ2) is 14.6. The number of carbonyl (C=O) groups is 2. The molecule has 0 atom stereocenters. The molecule has 0 bridgehead atoms. The Labute approximate surface area is 258 Å². The van der Waals surface area contributed by atoms with Gasteiger partial charge in [-0.15, -0.1) is 0 Å². The molecular formula is C34H37N3O6S. The standard InChI is InChI=1S/C34H37N3O6S/c1-5-26-10-6-9-13-30(26)37(44(40,41)27-17-14-24(2)15-18-27)23-33(38)36-29-12-8-7-11-28(29)34(39)35-21-20-25-16-19-31(42-3)32(22-25)43-4/h6-19,22H,5,20-21,23H2,1-4H3,(H,35,39)(H,36,38). The number of amides is 2. The third-order valence-electron chi connectivity index (χ3n) is 7.13. The first-order valence-electron chi connectivity index (χ1n) is 14.2. The van der Waals surface area contributed by atoms with Crippen LogP contribution in [0.5, 0.6) is 11.5 Å². The average molecular weight is 616 g/mol. The highest BCUT2D eigenvalue weighted by molar-refractivity contribution is 7.92. The lowest BCUT2D eigenvalue weighted by molar-refractivity contribution is -0.114. The maximum absolute atomic E-state index is 13.9. The molecule has 0 unspecified atom stereocenters. The Kier molecular flexibility index (Phi) is 10.6. The number of hydrogen-bond acceptors (Lipinski definition) is 6. The van der Waals surface area contributed by atoms with Gasteiger partial charge in [0.25, 0.3) is 15.9 Å². The Morgan fingerprint density at radius 2 is 1.52 bits per heavy atom. The van der Waals surface area contributed by atoms with Crippen LogP contribution in [0.1, 0.15) is 34.0 Å². The van der Waals surface area contributed by atoms with E-state index in [1.165, 1.54) is 12.1 Å². The molecule has 10 heteroatoms. The lowest BCUT2D eigenvalue weighted by Crippen LogP contribution is -2.39. The van der Waals surface area contributed by atoms with Crippen LogP contribution in [-0.4, -0.2) is 47.5 Å². The van der Waals surface area contributed by atoms with Gasteiger partial charge in [0.15, 0.2) is 11.5 Å². The van der Waals surface area contributed by atoms with Gasteiger partial charge in [0, 0.05) is 6.54 Å². The molecule has 230 valence electrons. The first-order valence-corrected chi connectivity index (χ1v) is 15.7. The van der Waals surface area contributed by atoms with E-state index in [0.717, 1.165) is 21.0 Å². The van der Waals surface area contributed by atoms with Gasteiger partial charge in [-0.1, -0.05) is 61.0 Å². The Bertz CT molecular complexity index is 1720. The molecule has 0 radical (unpaired) electrons. The van der Waals surface area contributed by atoms with Crippen molar-refractivity contribution >= 4 is 33.2 Å². The monoisotopic (exact) mass is 615 g/mol. The van der Waals surface area contributed by atoms with Crippen LogP contribution in [0.15, 0.2) is 95.9 Å². The number of nitrogens with zero attached hydrogens (tertiary/aromatic N) is 1. The predicted octanol–water partition coefficient (Wildman–Crippen LogP) is 5.38. The number of nitrogens with one attached hydrogen (secondary N) is 2. The Balaban J connectivity index is 1.51. The first kappa shape index (κ1) is 32.1. The van der Waals surface area contributed by atoms with E-state index in [2.05, 4.69) is 10.6 Å². The number of rotatable bonds is 13. The van der Waals surface area contributed by atoms with Gasteiger partial charge in [-0.25, -0.2) is 8.42 Å². The lowest BCUT2D eigenvalue weighted by atomic mass is 10.1. The number of carbonyl (C=O) groups excluding carboxylic acids is 2. The fourth-order valence-electron chi connectivity index (χ4n) is 4.75. The minimum Gasteiger partial charge on any atom is -0.493 e. The van der Waals surface area contributed by atoms with E-state index in [1.807, 2.05) is 44.2 Å². The van der Waals surface area contributed by atoms with Gasteiger partial charge < -0.3 is 20.1 Å². The summed E-state index contributed by atoms with van der Waals surface area (Å²) < 4.78 is 39.5. The minimum atomic E-state index is -4.09. The summed E-state index contributed by atoms with van der Waals surface area (Å²) in [5.41, 5.74) is 3.61. The largest absolute Gasteiger partial charge is 0.493 e. The number of anilines is 2. The number of aryl methyl sites for hydroxylation is 2. The van der Waals surface area contributed by atoms with Crippen LogP contribution in [0.2, 0.25) is 0 Å². The van der Waals surface area contributed by atoms with Gasteiger partial charge in [0.2, 0.25) is 5.91 Å². The molecule has 0 spiro atoms. The normalized spacial score (nSPS) is 11.0. The Morgan fingerprint density at radius 3 is 2.23 bits per heavy atom. The van der Waals surface area contributed by atoms with Crippen molar-refractivity contribution in [1.29, 1.82) is 0 Å². The molecule has 0 saturated heterocycles. The van der Waals surface area contributed by atoms with Gasteiger partial charge in [-0.3, -0.25) is 13.9 Å². The third-order valence-corrected chi connectivity index (χ3v) is 8.90. The van der Waals surface area contributed by atoms with E-state index in [9.17, 15) is 18.0 Å². The summed E-state index contributed by atoms with van der Waals surface area (Å²) in [6.07, 6.45) is 1.12. The van der Waals surface area contributed by atoms with Crippen molar-refractivity contribution in [3.05, 3.63) is 113 Å². The highest BCUT2D eigenvalue weighted by atomic mass is 32.2. The van der Waals surface area contributed by atoms with E-state index < -0.39 is 22.5 Å². The maximum Gasteiger partial charge on any atom is 0.264 e. The number of hydrogen-bond donors (Lipinski definition) is 2. The quantitative estimate of drug-likeness (QED) is 0.209. The van der Waals surface area contributed by atoms with Crippen LogP contribution in [0.25, 0.3) is 0 Å². The summed E-state index contributed by atoms with van der Waals surface area (Å²) in [4.78, 5) is 26.7. The smallest absolute Gasteiger partial charge is 0.264 e. The molecule has 2 N–H and O–H groups in total. The Hall–Kier alpha value is -4.83. The van der Waals surface area contributed by atoms with Crippen LogP contribution in [0.4, 0.5) is 11.4 Å². The highest BCUT2D eigenvalue weighted by Crippen LogP contribution is 2.29. The van der Waals surface area contributed by atoms with Gasteiger partial charge >= 0.3 is 0 Å². The molecule has 0 aromatic heterocycles. The van der Waals surface area contributed by atoms with E-state index in [4.69, 9.17) is 9.47 Å². The predicted molar refractivity (Wildman–Crippen MR) is 172 cm³/mol. The van der Waals surface area contributed by atoms with E-state index in [-0.39, 0.29) is 22.1 Å². The fourth-order valence-corrected chi connectivity index (χ4v) is 6.21. The van der Waals surface area contributed by atoms with Crippen LogP contribution in [0, 0.1) is 6.92 Å². The summed E-state index contributed by atoms with van der Waals surface area (Å²) in [5.74, 6) is 0.261. The zero-order chi connectivity index (χ0) is 31.7. The molecule has 0 heterocycles. The molecule has 9 nitrogen and oxygen atoms in total. The molecule has 44 heavy (non-hydrogen) atoms. The van der Waals surface area contributed by atoms with E-state index in [0.29, 0.717) is 36.6 Å². The topological polar surface area (TPSA) is 114 Å². The molecule has 2 amide bonds. The molecule has 0 aliphatic heterocycles. The van der Waals surface area contributed by atoms with E-state index >= 15 is 0 Å². The number of benzene rings is 4. The van der Waals surface area contributed by atoms with Crippen molar-refractivity contribution in [1.82, 2.24) is 5.32 Å². The Morgan fingerprint density at radius 1 is 0.841 bits per heavy atom. The molecule has 4 aromatic carbocycles. The molecule has 0 aliphatic rings. The number of methoxy groups -OCH3 is 2. The summed E-state index contributed by atoms with van der Waals surface area (Å²) in [6, 6.07) is 25.8. The van der Waals surface area contributed by atoms with Crippen LogP contribution < -0.4 is 24.4 Å². The molecule has 4 aromatic rings. The average Bonchev–Trinajstić information content (AvgIpc) is 3.03. The van der Waals surface area contributed by atoms with Gasteiger partial charge in [0.05, 0.1) is 36.1 Å². The van der Waals surface area contributed by atoms with Crippen LogP contribution >= 0.6 is 0 Å². The second-order valence-corrected chi connectivity index (χ2v) is 12.0. The van der Waals surface area contributed by atoms with Gasteiger partial charge in [0.1, 0.15) is 6.54 Å². The van der Waals surface area contributed by atoms with E-state index in [1.54, 1.807) is 62.8 Å². The summed E-state index contributed by atoms with van der Waals surface area (Å²) in [5, 5.41) is 5.65. The van der Waals surface area contributed by atoms with Crippen molar-refractivity contribution < 1.29 is 27.5 Å². The second-order valence-electron chi connectivity index (χ2n) is 10.1. The lowest BCUT2D eigenvalue weighted by Gasteiger charge is -2.26. The van der Waals surface area contributed by atoms with Crippen molar-refractivity contribution in [2.24, 2.45) is 0 Å². The zero-order valence-electron chi connectivity index (χ0n) is 25.3. The summed E-state index contributed by atoms with van der Waals surface area (Å²) in [6.45, 7) is 3.66. The first-order chi connectivity index (χ1) is 21.2. The highest BCUT2D eigenvalue weighted by Gasteiger charge is 2.29. The number of sulfonamides is 1. The minimum absolute atomic E-state index is 0.0797. The third kappa shape index (κ3) is 7.57.